The molecule has 0 aliphatic carbocycles. The molecule has 0 aromatic rings. The van der Waals surface area contributed by atoms with Crippen molar-refractivity contribution in [3.63, 3.8) is 0 Å². The Bertz CT molecular complexity index is 393. The molecule has 1 N–H and O–H groups in total. The molecule has 1 heterocycles. The third-order valence-corrected chi connectivity index (χ3v) is 5.49. The van der Waals surface area contributed by atoms with Crippen LogP contribution < -0.4 is 5.32 Å². The number of esters is 1. The fraction of sp³-hybridized carbons (Fsp3) is 0.909. The van der Waals surface area contributed by atoms with Crippen molar-refractivity contribution in [1.82, 2.24) is 14.5 Å². The van der Waals surface area contributed by atoms with Gasteiger partial charge in [0.05, 0.1) is 7.11 Å². The fourth-order valence-electron chi connectivity index (χ4n) is 1.90. The molecule has 0 amide bonds. The quantitative estimate of drug-likeness (QED) is 0.614. The van der Waals surface area contributed by atoms with Crippen LogP contribution in [0.3, 0.4) is 0 Å². The molecule has 0 bridgehead atoms. The molecule has 1 fully saturated rings. The molecule has 8 heteroatoms. The molecule has 0 aromatic heterocycles. The molecule has 1 unspecified atom stereocenters. The molecule has 0 saturated carbocycles. The Balaban J connectivity index is 2.51. The molecule has 1 aliphatic heterocycles. The number of sulfonamides is 1. The Morgan fingerprint density at radius 3 is 2.53 bits per heavy atom. The molecular weight excluding hydrogens is 270 g/mol. The number of rotatable bonds is 6. The first kappa shape index (κ1) is 16.4. The number of hydrogen-bond acceptors (Lipinski definition) is 6. The zero-order valence-electron chi connectivity index (χ0n) is 11.8. The van der Waals surface area contributed by atoms with Crippen LogP contribution >= 0.6 is 0 Å². The standard InChI is InChI=1S/C11H23N3O4S/c1-10(11(15)18-3)19(16,17)13(2)8-9-14-6-4-12-5-7-14/h10,12H,4-9H2,1-3H3. The highest BCUT2D eigenvalue weighted by Gasteiger charge is 2.32. The van der Waals surface area contributed by atoms with E-state index in [1.165, 1.54) is 25.4 Å². The molecule has 0 aromatic carbocycles. The van der Waals surface area contributed by atoms with Gasteiger partial charge in [0.15, 0.2) is 5.25 Å². The van der Waals surface area contributed by atoms with Gasteiger partial charge in [-0.25, -0.2) is 12.7 Å². The van der Waals surface area contributed by atoms with Crippen LogP contribution in [0.15, 0.2) is 0 Å². The van der Waals surface area contributed by atoms with E-state index < -0.39 is 21.2 Å². The number of ether oxygens (including phenoxy) is 1. The number of carbonyl (C=O) groups is 1. The van der Waals surface area contributed by atoms with E-state index in [1.54, 1.807) is 0 Å². The third kappa shape index (κ3) is 4.41. The second kappa shape index (κ2) is 7.18. The molecule has 0 radical (unpaired) electrons. The maximum absolute atomic E-state index is 12.1. The maximum Gasteiger partial charge on any atom is 0.325 e. The molecule has 0 spiro atoms. The summed E-state index contributed by atoms with van der Waals surface area (Å²) in [6, 6.07) is 0. The predicted octanol–water partition coefficient (Wildman–Crippen LogP) is -1.29. The molecule has 1 aliphatic rings. The van der Waals surface area contributed by atoms with Gasteiger partial charge in [-0.2, -0.15) is 0 Å². The highest BCUT2D eigenvalue weighted by atomic mass is 32.2. The van der Waals surface area contributed by atoms with Crippen LogP contribution in [0.1, 0.15) is 6.92 Å². The summed E-state index contributed by atoms with van der Waals surface area (Å²) in [7, 11) is -0.948. The van der Waals surface area contributed by atoms with E-state index in [1.807, 2.05) is 0 Å². The van der Waals surface area contributed by atoms with Gasteiger partial charge in [-0.05, 0) is 6.92 Å². The van der Waals surface area contributed by atoms with E-state index >= 15 is 0 Å². The first-order valence-corrected chi connectivity index (χ1v) is 7.86. The zero-order valence-corrected chi connectivity index (χ0v) is 12.6. The molecule has 7 nitrogen and oxygen atoms in total. The number of nitrogens with zero attached hydrogens (tertiary/aromatic N) is 2. The average molecular weight is 293 g/mol. The molecule has 112 valence electrons. The summed E-state index contributed by atoms with van der Waals surface area (Å²) in [6.45, 7) is 6.09. The largest absolute Gasteiger partial charge is 0.468 e. The second-order valence-corrected chi connectivity index (χ2v) is 6.98. The Kier molecular flexibility index (Phi) is 6.18. The second-order valence-electron chi connectivity index (χ2n) is 4.62. The smallest absolute Gasteiger partial charge is 0.325 e. The Morgan fingerprint density at radius 1 is 1.42 bits per heavy atom. The van der Waals surface area contributed by atoms with Crippen molar-refractivity contribution in [2.24, 2.45) is 0 Å². The first-order valence-electron chi connectivity index (χ1n) is 6.35. The Morgan fingerprint density at radius 2 is 2.00 bits per heavy atom. The van der Waals surface area contributed by atoms with Crippen LogP contribution in [0.25, 0.3) is 0 Å². The van der Waals surface area contributed by atoms with Crippen LogP contribution in [-0.2, 0) is 19.6 Å². The minimum atomic E-state index is -3.63. The van der Waals surface area contributed by atoms with E-state index in [2.05, 4.69) is 15.0 Å². The molecule has 1 rings (SSSR count). The van der Waals surface area contributed by atoms with Crippen molar-refractivity contribution < 1.29 is 17.9 Å². The highest BCUT2D eigenvalue weighted by molar-refractivity contribution is 7.90. The van der Waals surface area contributed by atoms with E-state index in [0.29, 0.717) is 13.1 Å². The SMILES string of the molecule is COC(=O)C(C)S(=O)(=O)N(C)CCN1CCNCC1. The highest BCUT2D eigenvalue weighted by Crippen LogP contribution is 2.08. The number of likely N-dealkylation sites (N-methyl/N-ethyl adjacent to an activating group) is 1. The van der Waals surface area contributed by atoms with Gasteiger partial charge in [0.2, 0.25) is 10.0 Å². The van der Waals surface area contributed by atoms with Crippen LogP contribution in [0.2, 0.25) is 0 Å². The number of nitrogens with one attached hydrogen (secondary N) is 1. The van der Waals surface area contributed by atoms with Crippen molar-refractivity contribution in [1.29, 1.82) is 0 Å². The lowest BCUT2D eigenvalue weighted by atomic mass is 10.3. The zero-order chi connectivity index (χ0) is 14.5. The third-order valence-electron chi connectivity index (χ3n) is 3.36. The van der Waals surface area contributed by atoms with Crippen LogP contribution in [-0.4, -0.2) is 82.3 Å². The van der Waals surface area contributed by atoms with E-state index in [0.717, 1.165) is 26.2 Å². The minimum Gasteiger partial charge on any atom is -0.468 e. The van der Waals surface area contributed by atoms with Gasteiger partial charge in [0.1, 0.15) is 0 Å². The maximum atomic E-state index is 12.1. The van der Waals surface area contributed by atoms with E-state index in [-0.39, 0.29) is 0 Å². The summed E-state index contributed by atoms with van der Waals surface area (Å²) in [5.41, 5.74) is 0. The van der Waals surface area contributed by atoms with Crippen molar-refractivity contribution >= 4 is 16.0 Å². The van der Waals surface area contributed by atoms with Gasteiger partial charge in [0.25, 0.3) is 0 Å². The lowest BCUT2D eigenvalue weighted by Gasteiger charge is -2.29. The van der Waals surface area contributed by atoms with Gasteiger partial charge < -0.3 is 10.1 Å². The predicted molar refractivity (Wildman–Crippen MR) is 72.3 cm³/mol. The number of hydrogen-bond donors (Lipinski definition) is 1. The lowest BCUT2D eigenvalue weighted by Crippen LogP contribution is -2.47. The molecular formula is C11H23N3O4S. The summed E-state index contributed by atoms with van der Waals surface area (Å²) in [4.78, 5) is 13.5. The topological polar surface area (TPSA) is 79.0 Å². The number of methoxy groups -OCH3 is 1. The summed E-state index contributed by atoms with van der Waals surface area (Å²) < 4.78 is 29.9. The van der Waals surface area contributed by atoms with E-state index in [4.69, 9.17) is 0 Å². The van der Waals surface area contributed by atoms with Crippen molar-refractivity contribution in [3.8, 4) is 0 Å². The van der Waals surface area contributed by atoms with Crippen molar-refractivity contribution in [2.75, 3.05) is 53.4 Å². The summed E-state index contributed by atoms with van der Waals surface area (Å²) in [5.74, 6) is -0.728. The average Bonchev–Trinajstić information content (AvgIpc) is 2.43. The summed E-state index contributed by atoms with van der Waals surface area (Å²) >= 11 is 0. The van der Waals surface area contributed by atoms with Crippen LogP contribution in [0.4, 0.5) is 0 Å². The van der Waals surface area contributed by atoms with Crippen LogP contribution in [0, 0.1) is 0 Å². The Hall–Kier alpha value is -0.700. The van der Waals surface area contributed by atoms with Crippen molar-refractivity contribution in [3.05, 3.63) is 0 Å². The van der Waals surface area contributed by atoms with Crippen LogP contribution in [0.5, 0.6) is 0 Å². The monoisotopic (exact) mass is 293 g/mol. The molecule has 1 saturated heterocycles. The summed E-state index contributed by atoms with van der Waals surface area (Å²) in [6.07, 6.45) is 0. The molecule has 1 atom stereocenters. The number of piperazine rings is 1. The molecule has 19 heavy (non-hydrogen) atoms. The normalized spacial score (nSPS) is 19.4. The lowest BCUT2D eigenvalue weighted by molar-refractivity contribution is -0.139. The summed E-state index contributed by atoms with van der Waals surface area (Å²) in [5, 5.41) is 2.08. The van der Waals surface area contributed by atoms with Crippen molar-refractivity contribution in [2.45, 2.75) is 12.2 Å². The van der Waals surface area contributed by atoms with Gasteiger partial charge in [-0.15, -0.1) is 0 Å². The number of carbonyl (C=O) groups excluding carboxylic acids is 1. The van der Waals surface area contributed by atoms with Gasteiger partial charge in [0, 0.05) is 46.3 Å². The van der Waals surface area contributed by atoms with Gasteiger partial charge >= 0.3 is 5.97 Å². The first-order chi connectivity index (χ1) is 8.89. The van der Waals surface area contributed by atoms with Gasteiger partial charge in [-0.3, -0.25) is 9.69 Å². The minimum absolute atomic E-state index is 0.379. The fourth-order valence-corrected chi connectivity index (χ4v) is 3.12. The van der Waals surface area contributed by atoms with E-state index in [9.17, 15) is 13.2 Å². The van der Waals surface area contributed by atoms with Gasteiger partial charge in [-0.1, -0.05) is 0 Å². The Labute approximate surface area is 114 Å².